The lowest BCUT2D eigenvalue weighted by Crippen LogP contribution is -2.57. The van der Waals surface area contributed by atoms with Crippen molar-refractivity contribution < 1.29 is 4.79 Å². The fourth-order valence-corrected chi connectivity index (χ4v) is 2.67. The summed E-state index contributed by atoms with van der Waals surface area (Å²) in [5.41, 5.74) is 5.86. The zero-order chi connectivity index (χ0) is 13.2. The molecular weight excluding hydrogens is 248 g/mol. The first kappa shape index (κ1) is 13.0. The number of aryl methyl sites for hydroxylation is 1. The van der Waals surface area contributed by atoms with Crippen LogP contribution in [0.25, 0.3) is 0 Å². The van der Waals surface area contributed by atoms with Crippen LogP contribution >= 0.6 is 12.2 Å². The molecule has 1 aliphatic carbocycles. The van der Waals surface area contributed by atoms with Gasteiger partial charge in [0.15, 0.2) is 0 Å². The van der Waals surface area contributed by atoms with E-state index in [2.05, 4.69) is 10.4 Å². The number of aromatic nitrogens is 2. The van der Waals surface area contributed by atoms with Gasteiger partial charge in [0, 0.05) is 13.2 Å². The van der Waals surface area contributed by atoms with Crippen molar-refractivity contribution in [3.63, 3.8) is 0 Å². The molecule has 0 radical (unpaired) electrons. The summed E-state index contributed by atoms with van der Waals surface area (Å²) in [5.74, 6) is -0.155. The second-order valence-electron chi connectivity index (χ2n) is 4.86. The molecular formula is C12H18N4OS. The van der Waals surface area contributed by atoms with Crippen molar-refractivity contribution in [2.45, 2.75) is 37.6 Å². The summed E-state index contributed by atoms with van der Waals surface area (Å²) in [4.78, 5) is 12.5. The molecule has 18 heavy (non-hydrogen) atoms. The monoisotopic (exact) mass is 266 g/mol. The number of carbonyl (C=O) groups is 1. The molecule has 0 bridgehead atoms. The molecule has 1 fully saturated rings. The summed E-state index contributed by atoms with van der Waals surface area (Å²) < 4.78 is 1.60. The number of hydrogen-bond acceptors (Lipinski definition) is 3. The lowest BCUT2D eigenvalue weighted by Gasteiger charge is -2.37. The Morgan fingerprint density at radius 1 is 1.50 bits per heavy atom. The van der Waals surface area contributed by atoms with E-state index in [-0.39, 0.29) is 5.91 Å². The van der Waals surface area contributed by atoms with Crippen molar-refractivity contribution in [1.82, 2.24) is 15.1 Å². The fourth-order valence-electron chi connectivity index (χ4n) is 2.42. The van der Waals surface area contributed by atoms with Gasteiger partial charge in [-0.05, 0) is 12.8 Å². The van der Waals surface area contributed by atoms with Crippen molar-refractivity contribution in [1.29, 1.82) is 0 Å². The number of amides is 1. The van der Waals surface area contributed by atoms with Crippen molar-refractivity contribution >= 4 is 23.1 Å². The standard InChI is InChI=1S/C12H18N4OS/c1-16-8-9(7-14-16)10(17)15-12(11(13)18)5-3-2-4-6-12/h7-8H,2-6H2,1H3,(H2,13,18)(H,15,17). The largest absolute Gasteiger partial charge is 0.391 e. The molecule has 1 aromatic rings. The van der Waals surface area contributed by atoms with Gasteiger partial charge in [0.05, 0.1) is 22.3 Å². The second kappa shape index (κ2) is 5.06. The quantitative estimate of drug-likeness (QED) is 0.805. The van der Waals surface area contributed by atoms with Crippen LogP contribution in [0.3, 0.4) is 0 Å². The van der Waals surface area contributed by atoms with Gasteiger partial charge in [-0.3, -0.25) is 9.48 Å². The smallest absolute Gasteiger partial charge is 0.255 e. The third-order valence-electron chi connectivity index (χ3n) is 3.50. The maximum atomic E-state index is 12.2. The first-order chi connectivity index (χ1) is 8.53. The van der Waals surface area contributed by atoms with Gasteiger partial charge in [-0.2, -0.15) is 5.10 Å². The van der Waals surface area contributed by atoms with Gasteiger partial charge in [0.2, 0.25) is 0 Å². The first-order valence-corrected chi connectivity index (χ1v) is 6.55. The average Bonchev–Trinajstić information content (AvgIpc) is 2.77. The SMILES string of the molecule is Cn1cc(C(=O)NC2(C(N)=S)CCCCC2)cn1. The second-order valence-corrected chi connectivity index (χ2v) is 5.30. The Morgan fingerprint density at radius 3 is 2.67 bits per heavy atom. The number of carbonyl (C=O) groups excluding carboxylic acids is 1. The van der Waals surface area contributed by atoms with Gasteiger partial charge in [-0.1, -0.05) is 31.5 Å². The van der Waals surface area contributed by atoms with Gasteiger partial charge in [-0.15, -0.1) is 0 Å². The number of thiocarbonyl (C=S) groups is 1. The van der Waals surface area contributed by atoms with Crippen LogP contribution < -0.4 is 11.1 Å². The van der Waals surface area contributed by atoms with E-state index in [9.17, 15) is 4.79 Å². The maximum Gasteiger partial charge on any atom is 0.255 e. The fraction of sp³-hybridized carbons (Fsp3) is 0.583. The van der Waals surface area contributed by atoms with Crippen LogP contribution in [0.5, 0.6) is 0 Å². The summed E-state index contributed by atoms with van der Waals surface area (Å²) in [7, 11) is 1.78. The molecule has 1 aliphatic rings. The van der Waals surface area contributed by atoms with Gasteiger partial charge in [0.1, 0.15) is 0 Å². The lowest BCUT2D eigenvalue weighted by molar-refractivity contribution is 0.0908. The molecule has 0 aliphatic heterocycles. The third-order valence-corrected chi connectivity index (χ3v) is 3.89. The molecule has 98 valence electrons. The predicted octanol–water partition coefficient (Wildman–Crippen LogP) is 1.14. The van der Waals surface area contributed by atoms with Gasteiger partial charge in [-0.25, -0.2) is 0 Å². The molecule has 5 nitrogen and oxygen atoms in total. The Labute approximate surface area is 112 Å². The van der Waals surface area contributed by atoms with Crippen molar-refractivity contribution in [3.8, 4) is 0 Å². The summed E-state index contributed by atoms with van der Waals surface area (Å²) in [6.07, 6.45) is 8.15. The van der Waals surface area contributed by atoms with Gasteiger partial charge < -0.3 is 11.1 Å². The van der Waals surface area contributed by atoms with Crippen LogP contribution in [0.1, 0.15) is 42.5 Å². The molecule has 3 N–H and O–H groups in total. The highest BCUT2D eigenvalue weighted by Gasteiger charge is 2.36. The van der Waals surface area contributed by atoms with Crippen molar-refractivity contribution in [3.05, 3.63) is 18.0 Å². The number of hydrogen-bond donors (Lipinski definition) is 2. The normalized spacial score (nSPS) is 18.3. The number of nitrogens with zero attached hydrogens (tertiary/aromatic N) is 2. The topological polar surface area (TPSA) is 72.9 Å². The van der Waals surface area contributed by atoms with E-state index in [0.29, 0.717) is 10.6 Å². The zero-order valence-corrected chi connectivity index (χ0v) is 11.3. The van der Waals surface area contributed by atoms with Crippen molar-refractivity contribution in [2.24, 2.45) is 12.8 Å². The summed E-state index contributed by atoms with van der Waals surface area (Å²) in [6.45, 7) is 0. The molecule has 1 heterocycles. The van der Waals surface area contributed by atoms with E-state index < -0.39 is 5.54 Å². The Kier molecular flexibility index (Phi) is 3.65. The van der Waals surface area contributed by atoms with E-state index in [1.54, 1.807) is 24.1 Å². The van der Waals surface area contributed by atoms with Crippen LogP contribution in [0.4, 0.5) is 0 Å². The molecule has 0 unspecified atom stereocenters. The number of rotatable bonds is 3. The molecule has 0 atom stereocenters. The number of nitrogens with two attached hydrogens (primary N) is 1. The molecule has 0 saturated heterocycles. The minimum atomic E-state index is -0.513. The first-order valence-electron chi connectivity index (χ1n) is 6.14. The molecule has 2 rings (SSSR count). The van der Waals surface area contributed by atoms with Crippen LogP contribution in [0, 0.1) is 0 Å². The minimum absolute atomic E-state index is 0.155. The van der Waals surface area contributed by atoms with Crippen LogP contribution in [-0.4, -0.2) is 26.2 Å². The summed E-state index contributed by atoms with van der Waals surface area (Å²) >= 11 is 5.14. The van der Waals surface area contributed by atoms with Gasteiger partial charge >= 0.3 is 0 Å². The molecule has 1 saturated carbocycles. The molecule has 1 aromatic heterocycles. The third kappa shape index (κ3) is 2.53. The van der Waals surface area contributed by atoms with E-state index >= 15 is 0 Å². The Hall–Kier alpha value is -1.43. The predicted molar refractivity (Wildman–Crippen MR) is 73.3 cm³/mol. The summed E-state index contributed by atoms with van der Waals surface area (Å²) in [5, 5.41) is 6.99. The Bertz CT molecular complexity index is 462. The Morgan fingerprint density at radius 2 is 2.17 bits per heavy atom. The molecule has 6 heteroatoms. The van der Waals surface area contributed by atoms with Crippen molar-refractivity contribution in [2.75, 3.05) is 0 Å². The van der Waals surface area contributed by atoms with Crippen LogP contribution in [0.15, 0.2) is 12.4 Å². The number of nitrogens with one attached hydrogen (secondary N) is 1. The van der Waals surface area contributed by atoms with Gasteiger partial charge in [0.25, 0.3) is 5.91 Å². The summed E-state index contributed by atoms with van der Waals surface area (Å²) in [6, 6.07) is 0. The molecule has 0 aromatic carbocycles. The van der Waals surface area contributed by atoms with E-state index in [1.165, 1.54) is 6.42 Å². The van der Waals surface area contributed by atoms with E-state index in [1.807, 2.05) is 0 Å². The highest BCUT2D eigenvalue weighted by molar-refractivity contribution is 7.80. The molecule has 0 spiro atoms. The minimum Gasteiger partial charge on any atom is -0.391 e. The van der Waals surface area contributed by atoms with E-state index in [4.69, 9.17) is 18.0 Å². The van der Waals surface area contributed by atoms with Crippen LogP contribution in [-0.2, 0) is 7.05 Å². The maximum absolute atomic E-state index is 12.2. The highest BCUT2D eigenvalue weighted by Crippen LogP contribution is 2.28. The molecule has 1 amide bonds. The Balaban J connectivity index is 2.14. The van der Waals surface area contributed by atoms with Crippen LogP contribution in [0.2, 0.25) is 0 Å². The highest BCUT2D eigenvalue weighted by atomic mass is 32.1. The lowest BCUT2D eigenvalue weighted by atomic mass is 9.81. The zero-order valence-electron chi connectivity index (χ0n) is 10.5. The average molecular weight is 266 g/mol. The van der Waals surface area contributed by atoms with E-state index in [0.717, 1.165) is 25.7 Å².